The molecule has 0 aromatic heterocycles. The number of methoxy groups -OCH3 is 1. The predicted molar refractivity (Wildman–Crippen MR) is 145 cm³/mol. The quantitative estimate of drug-likeness (QED) is 0.284. The molecule has 0 saturated carbocycles. The lowest BCUT2D eigenvalue weighted by Crippen LogP contribution is -2.41. The molecular weight excluding hydrogens is 510 g/mol. The molecule has 1 saturated heterocycles. The first-order chi connectivity index (χ1) is 18.4. The van der Waals surface area contributed by atoms with Gasteiger partial charge in [0.15, 0.2) is 0 Å². The van der Waals surface area contributed by atoms with Crippen molar-refractivity contribution in [2.75, 3.05) is 47.1 Å². The van der Waals surface area contributed by atoms with E-state index in [0.29, 0.717) is 34.2 Å². The molecule has 9 nitrogen and oxygen atoms in total. The zero-order valence-electron chi connectivity index (χ0n) is 22.0. The molecule has 0 radical (unpaired) electrons. The molecule has 208 valence electrons. The van der Waals surface area contributed by atoms with Gasteiger partial charge in [0.2, 0.25) is 0 Å². The van der Waals surface area contributed by atoms with E-state index in [2.05, 4.69) is 20.7 Å². The van der Waals surface area contributed by atoms with Crippen LogP contribution in [-0.2, 0) is 20.8 Å². The summed E-state index contributed by atoms with van der Waals surface area (Å²) >= 11 is 6.25. The van der Waals surface area contributed by atoms with E-state index in [4.69, 9.17) is 21.1 Å². The number of rotatable bonds is 13. The lowest BCUT2D eigenvalue weighted by Gasteiger charge is -2.26. The van der Waals surface area contributed by atoms with Crippen molar-refractivity contribution in [1.82, 2.24) is 16.0 Å². The second-order valence-electron chi connectivity index (χ2n) is 9.36. The van der Waals surface area contributed by atoms with Crippen LogP contribution in [0.1, 0.15) is 52.4 Å². The monoisotopic (exact) mass is 547 g/mol. The molecule has 10 heteroatoms. The fourth-order valence-electron chi connectivity index (χ4n) is 4.57. The van der Waals surface area contributed by atoms with Gasteiger partial charge in [0.1, 0.15) is 6.10 Å². The number of nitrogens with one attached hydrogen (secondary N) is 3. The highest BCUT2D eigenvalue weighted by Gasteiger charge is 2.21. The largest absolute Gasteiger partial charge is 0.453 e. The average Bonchev–Trinajstić information content (AvgIpc) is 2.95. The molecule has 1 aliphatic heterocycles. The first-order valence-electron chi connectivity index (χ1n) is 12.9. The number of benzene rings is 2. The SMILES string of the molecule is CN[C@H](CNC(=O)c1cc(CO)cc(C(OCCNC(=O)OC)c2cccc(Cl)c2)c1)C[C@H]1CCCOC1. The smallest absolute Gasteiger partial charge is 0.406 e. The lowest BCUT2D eigenvalue weighted by atomic mass is 9.94. The van der Waals surface area contributed by atoms with Crippen molar-refractivity contribution in [2.45, 2.75) is 38.0 Å². The van der Waals surface area contributed by atoms with Gasteiger partial charge in [-0.2, -0.15) is 0 Å². The van der Waals surface area contributed by atoms with E-state index in [-0.39, 0.29) is 31.7 Å². The topological polar surface area (TPSA) is 118 Å². The van der Waals surface area contributed by atoms with Gasteiger partial charge >= 0.3 is 6.09 Å². The van der Waals surface area contributed by atoms with Gasteiger partial charge < -0.3 is 35.3 Å². The van der Waals surface area contributed by atoms with E-state index in [0.717, 1.165) is 38.0 Å². The van der Waals surface area contributed by atoms with Gasteiger partial charge in [-0.3, -0.25) is 4.79 Å². The Morgan fingerprint density at radius 3 is 2.71 bits per heavy atom. The highest BCUT2D eigenvalue weighted by atomic mass is 35.5. The van der Waals surface area contributed by atoms with Crippen molar-refractivity contribution in [3.8, 4) is 0 Å². The molecule has 1 unspecified atom stereocenters. The first kappa shape index (κ1) is 29.9. The number of carbonyl (C=O) groups is 2. The standard InChI is InChI=1S/C28H38ClN3O6/c1-30-25(13-19-5-4-9-37-18-19)16-32-27(34)23-12-20(17-33)11-22(14-23)26(21-6-3-7-24(29)15-21)38-10-8-31-28(35)36-2/h3,6-7,11-12,14-15,19,25-26,30,33H,4-5,8-10,13,16-18H2,1-2H3,(H,31,35)(H,32,34)/t19-,25+,26?/m1/s1. The van der Waals surface area contributed by atoms with E-state index in [9.17, 15) is 14.7 Å². The Bertz CT molecular complexity index is 1050. The Morgan fingerprint density at radius 1 is 1.18 bits per heavy atom. The zero-order chi connectivity index (χ0) is 27.3. The molecule has 4 N–H and O–H groups in total. The number of alkyl carbamates (subject to hydrolysis) is 1. The van der Waals surface area contributed by atoms with Gasteiger partial charge in [0.25, 0.3) is 5.91 Å². The number of carbonyl (C=O) groups excluding carboxylic acids is 2. The molecule has 3 rings (SSSR count). The number of ether oxygens (including phenoxy) is 3. The van der Waals surface area contributed by atoms with Crippen LogP contribution in [0.15, 0.2) is 42.5 Å². The Balaban J connectivity index is 1.75. The van der Waals surface area contributed by atoms with Crippen LogP contribution in [0, 0.1) is 5.92 Å². The van der Waals surface area contributed by atoms with E-state index < -0.39 is 12.2 Å². The van der Waals surface area contributed by atoms with Crippen LogP contribution in [0.4, 0.5) is 4.79 Å². The van der Waals surface area contributed by atoms with Crippen molar-refractivity contribution in [3.63, 3.8) is 0 Å². The summed E-state index contributed by atoms with van der Waals surface area (Å²) in [4.78, 5) is 24.6. The maximum absolute atomic E-state index is 13.2. The number of hydrogen-bond acceptors (Lipinski definition) is 7. The van der Waals surface area contributed by atoms with Gasteiger partial charge in [0, 0.05) is 42.9 Å². The normalized spacial score (nSPS) is 16.9. The fourth-order valence-corrected chi connectivity index (χ4v) is 4.76. The fraction of sp³-hybridized carbons (Fsp3) is 0.500. The van der Waals surface area contributed by atoms with Gasteiger partial charge in [-0.1, -0.05) is 29.8 Å². The molecule has 0 aliphatic carbocycles. The molecule has 2 aromatic carbocycles. The van der Waals surface area contributed by atoms with Crippen molar-refractivity contribution < 1.29 is 28.9 Å². The van der Waals surface area contributed by atoms with Crippen LogP contribution in [0.2, 0.25) is 5.02 Å². The number of aliphatic hydroxyl groups excluding tert-OH is 1. The van der Waals surface area contributed by atoms with Crippen molar-refractivity contribution in [1.29, 1.82) is 0 Å². The number of likely N-dealkylation sites (N-methyl/N-ethyl adjacent to an activating group) is 1. The van der Waals surface area contributed by atoms with E-state index in [1.807, 2.05) is 19.2 Å². The minimum atomic E-state index is -0.581. The molecule has 1 heterocycles. The predicted octanol–water partition coefficient (Wildman–Crippen LogP) is 3.43. The Kier molecular flexibility index (Phi) is 12.3. The van der Waals surface area contributed by atoms with Crippen LogP contribution < -0.4 is 16.0 Å². The summed E-state index contributed by atoms with van der Waals surface area (Å²) in [6.45, 7) is 2.23. The van der Waals surface area contributed by atoms with E-state index in [1.54, 1.807) is 30.3 Å². The summed E-state index contributed by atoms with van der Waals surface area (Å²) in [5, 5.41) is 19.4. The average molecular weight is 548 g/mol. The second kappa shape index (κ2) is 15.7. The van der Waals surface area contributed by atoms with Crippen molar-refractivity contribution in [2.24, 2.45) is 5.92 Å². The molecule has 1 aliphatic rings. The van der Waals surface area contributed by atoms with Crippen LogP contribution in [-0.4, -0.2) is 70.2 Å². The summed E-state index contributed by atoms with van der Waals surface area (Å²) in [6, 6.07) is 12.6. The summed E-state index contributed by atoms with van der Waals surface area (Å²) in [7, 11) is 3.19. The third-order valence-electron chi connectivity index (χ3n) is 6.55. The summed E-state index contributed by atoms with van der Waals surface area (Å²) in [6.07, 6.45) is 1.99. The minimum Gasteiger partial charge on any atom is -0.453 e. The van der Waals surface area contributed by atoms with Gasteiger partial charge in [-0.05, 0) is 73.2 Å². The van der Waals surface area contributed by atoms with Crippen molar-refractivity contribution >= 4 is 23.6 Å². The molecule has 38 heavy (non-hydrogen) atoms. The molecule has 0 spiro atoms. The molecule has 3 atom stereocenters. The van der Waals surface area contributed by atoms with Crippen LogP contribution in [0.5, 0.6) is 0 Å². The summed E-state index contributed by atoms with van der Waals surface area (Å²) in [5.74, 6) is 0.241. The minimum absolute atomic E-state index is 0.121. The number of halogens is 1. The summed E-state index contributed by atoms with van der Waals surface area (Å²) in [5.41, 5.74) is 2.47. The maximum atomic E-state index is 13.2. The first-order valence-corrected chi connectivity index (χ1v) is 13.3. The van der Waals surface area contributed by atoms with E-state index >= 15 is 0 Å². The Morgan fingerprint density at radius 2 is 2.03 bits per heavy atom. The number of aliphatic hydroxyl groups is 1. The third kappa shape index (κ3) is 9.25. The lowest BCUT2D eigenvalue weighted by molar-refractivity contribution is 0.0478. The van der Waals surface area contributed by atoms with Gasteiger partial charge in [-0.25, -0.2) is 4.79 Å². The van der Waals surface area contributed by atoms with Gasteiger partial charge in [0.05, 0.1) is 20.3 Å². The zero-order valence-corrected chi connectivity index (χ0v) is 22.8. The van der Waals surface area contributed by atoms with E-state index in [1.165, 1.54) is 7.11 Å². The molecule has 1 fully saturated rings. The Labute approximate surface area is 229 Å². The van der Waals surface area contributed by atoms with Crippen LogP contribution in [0.25, 0.3) is 0 Å². The maximum Gasteiger partial charge on any atom is 0.406 e. The number of hydrogen-bond donors (Lipinski definition) is 4. The Hall–Kier alpha value is -2.69. The molecule has 2 amide bonds. The van der Waals surface area contributed by atoms with Crippen LogP contribution >= 0.6 is 11.6 Å². The highest BCUT2D eigenvalue weighted by molar-refractivity contribution is 6.30. The van der Waals surface area contributed by atoms with Gasteiger partial charge in [-0.15, -0.1) is 0 Å². The second-order valence-corrected chi connectivity index (χ2v) is 9.80. The number of amides is 2. The molecule has 0 bridgehead atoms. The van der Waals surface area contributed by atoms with Crippen molar-refractivity contribution in [3.05, 3.63) is 69.7 Å². The third-order valence-corrected chi connectivity index (χ3v) is 6.78. The summed E-state index contributed by atoms with van der Waals surface area (Å²) < 4.78 is 16.3. The van der Waals surface area contributed by atoms with Crippen LogP contribution in [0.3, 0.4) is 0 Å². The molecular formula is C28H38ClN3O6. The molecule has 2 aromatic rings. The highest BCUT2D eigenvalue weighted by Crippen LogP contribution is 2.29.